The van der Waals surface area contributed by atoms with Crippen LogP contribution < -0.4 is 5.32 Å². The van der Waals surface area contributed by atoms with Crippen molar-refractivity contribution in [1.29, 1.82) is 0 Å². The summed E-state index contributed by atoms with van der Waals surface area (Å²) in [5, 5.41) is 2.52. The van der Waals surface area contributed by atoms with Gasteiger partial charge in [-0.1, -0.05) is 0 Å². The molecule has 2 fully saturated rings. The van der Waals surface area contributed by atoms with Gasteiger partial charge in [0.25, 0.3) is 5.92 Å². The lowest BCUT2D eigenvalue weighted by atomic mass is 9.78. The van der Waals surface area contributed by atoms with Crippen LogP contribution >= 0.6 is 0 Å². The van der Waals surface area contributed by atoms with Crippen LogP contribution in [0.4, 0.5) is 8.78 Å². The number of hydrogen-bond acceptors (Lipinski definition) is 4. The normalized spacial score (nSPS) is 28.7. The number of amides is 1. The lowest BCUT2D eigenvalue weighted by molar-refractivity contribution is -0.142. The van der Waals surface area contributed by atoms with Crippen LogP contribution in [-0.4, -0.2) is 49.2 Å². The maximum Gasteiger partial charge on any atom is 0.262 e. The monoisotopic (exact) mass is 331 g/mol. The summed E-state index contributed by atoms with van der Waals surface area (Å²) in [7, 11) is -4.11. The Kier molecular flexibility index (Phi) is 3.44. The fourth-order valence-electron chi connectivity index (χ4n) is 3.11. The van der Waals surface area contributed by atoms with E-state index in [1.54, 1.807) is 0 Å². The van der Waals surface area contributed by atoms with Crippen LogP contribution in [0.2, 0.25) is 0 Å². The topological polar surface area (TPSA) is 79.4 Å². The Morgan fingerprint density at radius 2 is 2.09 bits per heavy atom. The highest BCUT2D eigenvalue weighted by molar-refractivity contribution is 7.89. The van der Waals surface area contributed by atoms with E-state index in [0.717, 1.165) is 6.20 Å². The molecule has 6 nitrogen and oxygen atoms in total. The van der Waals surface area contributed by atoms with Gasteiger partial charge >= 0.3 is 0 Å². The van der Waals surface area contributed by atoms with Gasteiger partial charge in [-0.15, -0.1) is 0 Å². The summed E-state index contributed by atoms with van der Waals surface area (Å²) in [5.41, 5.74) is -1.35. The van der Waals surface area contributed by atoms with Gasteiger partial charge in [0.1, 0.15) is 4.90 Å². The van der Waals surface area contributed by atoms with Crippen molar-refractivity contribution in [2.24, 2.45) is 5.41 Å². The first-order valence-corrected chi connectivity index (χ1v) is 8.26. The van der Waals surface area contributed by atoms with E-state index in [1.165, 1.54) is 18.3 Å². The SMILES string of the molecule is O=C1NCC[C@@]12CN(S(=O)(=O)c1cccnc1)CC(F)(F)C2. The minimum absolute atomic E-state index is 0.152. The van der Waals surface area contributed by atoms with E-state index in [-0.39, 0.29) is 24.4 Å². The summed E-state index contributed by atoms with van der Waals surface area (Å²) in [6.45, 7) is -0.861. The fourth-order valence-corrected chi connectivity index (χ4v) is 4.63. The fraction of sp³-hybridized carbons (Fsp3) is 0.538. The van der Waals surface area contributed by atoms with Crippen molar-refractivity contribution < 1.29 is 22.0 Å². The maximum absolute atomic E-state index is 14.1. The molecule has 3 rings (SSSR count). The minimum atomic E-state index is -4.11. The summed E-state index contributed by atoms with van der Waals surface area (Å²) >= 11 is 0. The summed E-state index contributed by atoms with van der Waals surface area (Å²) in [4.78, 5) is 15.5. The first-order chi connectivity index (χ1) is 10.3. The zero-order chi connectivity index (χ0) is 16.0. The predicted octanol–water partition coefficient (Wildman–Crippen LogP) is 0.618. The van der Waals surface area contributed by atoms with Crippen molar-refractivity contribution in [3.63, 3.8) is 0 Å². The summed E-state index contributed by atoms with van der Waals surface area (Å²) in [6, 6.07) is 2.73. The van der Waals surface area contributed by atoms with Gasteiger partial charge in [0.15, 0.2) is 0 Å². The molecule has 0 saturated carbocycles. The first kappa shape index (κ1) is 15.3. The number of carbonyl (C=O) groups is 1. The zero-order valence-corrected chi connectivity index (χ0v) is 12.4. The Balaban J connectivity index is 1.99. The van der Waals surface area contributed by atoms with Gasteiger partial charge in [0, 0.05) is 31.9 Å². The molecule has 1 spiro atoms. The third-order valence-corrected chi connectivity index (χ3v) is 5.90. The van der Waals surface area contributed by atoms with E-state index in [2.05, 4.69) is 10.3 Å². The number of piperidine rings is 1. The third-order valence-electron chi connectivity index (χ3n) is 4.13. The molecule has 0 bridgehead atoms. The number of halogens is 2. The Bertz CT molecular complexity index is 696. The molecule has 0 unspecified atom stereocenters. The van der Waals surface area contributed by atoms with Crippen LogP contribution in [0.5, 0.6) is 0 Å². The molecular formula is C13H15F2N3O3S. The molecule has 1 aromatic rings. The smallest absolute Gasteiger partial charge is 0.262 e. The predicted molar refractivity (Wildman–Crippen MR) is 72.6 cm³/mol. The number of rotatable bonds is 2. The second-order valence-corrected chi connectivity index (χ2v) is 7.72. The molecule has 0 aromatic carbocycles. The molecule has 1 atom stereocenters. The average molecular weight is 331 g/mol. The van der Waals surface area contributed by atoms with E-state index < -0.39 is 40.2 Å². The highest BCUT2D eigenvalue weighted by atomic mass is 32.2. The van der Waals surface area contributed by atoms with E-state index in [1.807, 2.05) is 0 Å². The lowest BCUT2D eigenvalue weighted by Gasteiger charge is -2.41. The zero-order valence-electron chi connectivity index (χ0n) is 11.6. The van der Waals surface area contributed by atoms with Gasteiger partial charge in [-0.3, -0.25) is 9.78 Å². The van der Waals surface area contributed by atoms with Crippen molar-refractivity contribution in [2.45, 2.75) is 23.7 Å². The molecule has 1 aromatic heterocycles. The van der Waals surface area contributed by atoms with E-state index >= 15 is 0 Å². The molecule has 0 radical (unpaired) electrons. The number of aromatic nitrogens is 1. The van der Waals surface area contributed by atoms with E-state index in [0.29, 0.717) is 4.31 Å². The number of carbonyl (C=O) groups excluding carboxylic acids is 1. The van der Waals surface area contributed by atoms with Crippen LogP contribution in [0.1, 0.15) is 12.8 Å². The summed E-state index contributed by atoms with van der Waals surface area (Å²) < 4.78 is 53.9. The van der Waals surface area contributed by atoms with Gasteiger partial charge in [0.2, 0.25) is 15.9 Å². The second kappa shape index (κ2) is 4.95. The van der Waals surface area contributed by atoms with E-state index in [4.69, 9.17) is 0 Å². The summed E-state index contributed by atoms with van der Waals surface area (Å²) in [6.07, 6.45) is 2.10. The van der Waals surface area contributed by atoms with Gasteiger partial charge < -0.3 is 5.32 Å². The van der Waals surface area contributed by atoms with Gasteiger partial charge in [-0.25, -0.2) is 17.2 Å². The van der Waals surface area contributed by atoms with Gasteiger partial charge in [-0.2, -0.15) is 4.31 Å². The highest BCUT2D eigenvalue weighted by Crippen LogP contribution is 2.44. The van der Waals surface area contributed by atoms with Gasteiger partial charge in [-0.05, 0) is 18.6 Å². The minimum Gasteiger partial charge on any atom is -0.356 e. The Hall–Kier alpha value is -1.61. The number of sulfonamides is 1. The van der Waals surface area contributed by atoms with Crippen molar-refractivity contribution in [1.82, 2.24) is 14.6 Å². The van der Waals surface area contributed by atoms with Crippen molar-refractivity contribution >= 4 is 15.9 Å². The molecule has 2 saturated heterocycles. The summed E-state index contributed by atoms with van der Waals surface area (Å²) in [5.74, 6) is -3.74. The molecule has 2 aliphatic heterocycles. The van der Waals surface area contributed by atoms with Crippen molar-refractivity contribution in [2.75, 3.05) is 19.6 Å². The molecule has 120 valence electrons. The molecule has 9 heteroatoms. The van der Waals surface area contributed by atoms with Crippen LogP contribution in [-0.2, 0) is 14.8 Å². The number of hydrogen-bond donors (Lipinski definition) is 1. The highest BCUT2D eigenvalue weighted by Gasteiger charge is 2.57. The van der Waals surface area contributed by atoms with Crippen LogP contribution in [0.15, 0.2) is 29.4 Å². The second-order valence-electron chi connectivity index (χ2n) is 5.78. The van der Waals surface area contributed by atoms with Gasteiger partial charge in [0.05, 0.1) is 12.0 Å². The van der Waals surface area contributed by atoms with Crippen LogP contribution in [0, 0.1) is 5.41 Å². The standard InChI is InChI=1S/C13H15F2N3O3S/c14-13(15)7-12(3-5-17-11(12)19)8-18(9-13)22(20,21)10-2-1-4-16-6-10/h1-2,4,6H,3,5,7-9H2,(H,17,19)/t12-/m1/s1. The quantitative estimate of drug-likeness (QED) is 0.861. The number of alkyl halides is 2. The number of nitrogens with one attached hydrogen (secondary N) is 1. The third kappa shape index (κ3) is 2.48. The Morgan fingerprint density at radius 1 is 1.32 bits per heavy atom. The largest absolute Gasteiger partial charge is 0.356 e. The lowest BCUT2D eigenvalue weighted by Crippen LogP contribution is -2.56. The number of pyridine rings is 1. The molecule has 3 heterocycles. The Morgan fingerprint density at radius 3 is 2.68 bits per heavy atom. The molecule has 22 heavy (non-hydrogen) atoms. The molecular weight excluding hydrogens is 316 g/mol. The molecule has 0 aliphatic carbocycles. The van der Waals surface area contributed by atoms with Crippen LogP contribution in [0.3, 0.4) is 0 Å². The molecule has 2 aliphatic rings. The Labute approximate surface area is 126 Å². The average Bonchev–Trinajstić information content (AvgIpc) is 2.78. The van der Waals surface area contributed by atoms with Crippen LogP contribution in [0.25, 0.3) is 0 Å². The van der Waals surface area contributed by atoms with Crippen molar-refractivity contribution in [3.8, 4) is 0 Å². The van der Waals surface area contributed by atoms with Crippen molar-refractivity contribution in [3.05, 3.63) is 24.5 Å². The van der Waals surface area contributed by atoms with E-state index in [9.17, 15) is 22.0 Å². The maximum atomic E-state index is 14.1. The first-order valence-electron chi connectivity index (χ1n) is 6.82. The molecule has 1 N–H and O–H groups in total. The molecule has 1 amide bonds. The number of nitrogens with zero attached hydrogens (tertiary/aromatic N) is 2.